The molecule has 7 nitrogen and oxygen atoms in total. The van der Waals surface area contributed by atoms with Gasteiger partial charge >= 0.3 is 0 Å². The molecule has 0 radical (unpaired) electrons. The van der Waals surface area contributed by atoms with Crippen molar-refractivity contribution in [1.29, 1.82) is 0 Å². The standard InChI is InChI=1S/C12H17N5O2/c1-7(4-5-18)13-11(19)10-15-12-14-8(2)6-9(3)17(12)16-10/h6-7,18H,4-5H2,1-3H3,(H,13,19). The van der Waals surface area contributed by atoms with Crippen LogP contribution in [0.15, 0.2) is 6.07 Å². The maximum atomic E-state index is 11.9. The maximum Gasteiger partial charge on any atom is 0.291 e. The third kappa shape index (κ3) is 2.87. The molecule has 0 spiro atoms. The molecule has 2 heterocycles. The maximum absolute atomic E-state index is 11.9. The second-order valence-corrected chi connectivity index (χ2v) is 4.57. The predicted molar refractivity (Wildman–Crippen MR) is 68.9 cm³/mol. The van der Waals surface area contributed by atoms with Crippen LogP contribution < -0.4 is 5.32 Å². The minimum absolute atomic E-state index is 0.0277. The highest BCUT2D eigenvalue weighted by molar-refractivity contribution is 5.91. The fraction of sp³-hybridized carbons (Fsp3) is 0.500. The third-order valence-corrected chi connectivity index (χ3v) is 2.76. The second-order valence-electron chi connectivity index (χ2n) is 4.57. The molecule has 0 saturated heterocycles. The van der Waals surface area contributed by atoms with Gasteiger partial charge in [0.25, 0.3) is 11.7 Å². The Morgan fingerprint density at radius 1 is 1.47 bits per heavy atom. The second kappa shape index (κ2) is 5.31. The monoisotopic (exact) mass is 263 g/mol. The molecule has 7 heteroatoms. The van der Waals surface area contributed by atoms with Crippen molar-refractivity contribution >= 4 is 11.7 Å². The Morgan fingerprint density at radius 2 is 2.21 bits per heavy atom. The molecule has 1 atom stereocenters. The summed E-state index contributed by atoms with van der Waals surface area (Å²) in [6.45, 7) is 5.59. The van der Waals surface area contributed by atoms with E-state index in [1.165, 1.54) is 0 Å². The molecule has 0 aliphatic rings. The van der Waals surface area contributed by atoms with Crippen LogP contribution in [-0.2, 0) is 0 Å². The Balaban J connectivity index is 2.26. The van der Waals surface area contributed by atoms with Gasteiger partial charge in [-0.2, -0.15) is 4.98 Å². The predicted octanol–water partition coefficient (Wildman–Crippen LogP) is 0.242. The molecular formula is C12H17N5O2. The molecule has 2 aromatic heterocycles. The van der Waals surface area contributed by atoms with Gasteiger partial charge in [0.15, 0.2) is 0 Å². The Hall–Kier alpha value is -2.02. The van der Waals surface area contributed by atoms with Crippen molar-refractivity contribution in [3.63, 3.8) is 0 Å². The molecule has 0 saturated carbocycles. The molecule has 0 bridgehead atoms. The molecule has 1 amide bonds. The molecule has 0 aliphatic carbocycles. The summed E-state index contributed by atoms with van der Waals surface area (Å²) < 4.78 is 1.54. The van der Waals surface area contributed by atoms with E-state index in [0.717, 1.165) is 11.4 Å². The number of hydrogen-bond donors (Lipinski definition) is 2. The van der Waals surface area contributed by atoms with Gasteiger partial charge in [-0.15, -0.1) is 5.10 Å². The number of aromatic nitrogens is 4. The SMILES string of the molecule is Cc1cc(C)n2nc(C(=O)NC(C)CCO)nc2n1. The van der Waals surface area contributed by atoms with Crippen LogP contribution in [0.2, 0.25) is 0 Å². The summed E-state index contributed by atoms with van der Waals surface area (Å²) in [5.41, 5.74) is 1.70. The number of hydrogen-bond acceptors (Lipinski definition) is 5. The molecule has 1 unspecified atom stereocenters. The van der Waals surface area contributed by atoms with Crippen LogP contribution in [-0.4, -0.2) is 43.2 Å². The smallest absolute Gasteiger partial charge is 0.291 e. The topological polar surface area (TPSA) is 92.4 Å². The third-order valence-electron chi connectivity index (χ3n) is 2.76. The quantitative estimate of drug-likeness (QED) is 0.824. The van der Waals surface area contributed by atoms with E-state index >= 15 is 0 Å². The minimum atomic E-state index is -0.358. The van der Waals surface area contributed by atoms with Crippen LogP contribution >= 0.6 is 0 Å². The number of aryl methyl sites for hydroxylation is 2. The Morgan fingerprint density at radius 3 is 2.89 bits per heavy atom. The van der Waals surface area contributed by atoms with Crippen molar-refractivity contribution in [2.75, 3.05) is 6.61 Å². The number of fused-ring (bicyclic) bond motifs is 1. The van der Waals surface area contributed by atoms with Gasteiger partial charge in [-0.05, 0) is 33.3 Å². The lowest BCUT2D eigenvalue weighted by Crippen LogP contribution is -2.33. The highest BCUT2D eigenvalue weighted by atomic mass is 16.3. The lowest BCUT2D eigenvalue weighted by atomic mass is 10.2. The van der Waals surface area contributed by atoms with E-state index in [4.69, 9.17) is 5.11 Å². The summed E-state index contributed by atoms with van der Waals surface area (Å²) in [6, 6.07) is 1.75. The van der Waals surface area contributed by atoms with Gasteiger partial charge in [-0.25, -0.2) is 9.50 Å². The summed E-state index contributed by atoms with van der Waals surface area (Å²) in [5, 5.41) is 15.7. The molecule has 2 aromatic rings. The van der Waals surface area contributed by atoms with E-state index in [9.17, 15) is 4.79 Å². The number of carbonyl (C=O) groups excluding carboxylic acids is 1. The lowest BCUT2D eigenvalue weighted by molar-refractivity contribution is 0.0924. The number of nitrogens with zero attached hydrogens (tertiary/aromatic N) is 4. The number of nitrogens with one attached hydrogen (secondary N) is 1. The summed E-state index contributed by atoms with van der Waals surface area (Å²) in [4.78, 5) is 20.3. The van der Waals surface area contributed by atoms with E-state index in [1.807, 2.05) is 26.8 Å². The molecule has 19 heavy (non-hydrogen) atoms. The van der Waals surface area contributed by atoms with Crippen LogP contribution in [0, 0.1) is 13.8 Å². The van der Waals surface area contributed by atoms with E-state index in [2.05, 4.69) is 20.4 Å². The van der Waals surface area contributed by atoms with Crippen LogP contribution in [0.5, 0.6) is 0 Å². The minimum Gasteiger partial charge on any atom is -0.396 e. The average Bonchev–Trinajstić information content (AvgIpc) is 2.73. The lowest BCUT2D eigenvalue weighted by Gasteiger charge is -2.09. The number of aliphatic hydroxyl groups excluding tert-OH is 1. The van der Waals surface area contributed by atoms with Crippen molar-refractivity contribution in [1.82, 2.24) is 24.9 Å². The van der Waals surface area contributed by atoms with E-state index in [-0.39, 0.29) is 24.4 Å². The molecule has 2 N–H and O–H groups in total. The van der Waals surface area contributed by atoms with Gasteiger partial charge in [0.2, 0.25) is 5.82 Å². The van der Waals surface area contributed by atoms with Crippen LogP contribution in [0.25, 0.3) is 5.78 Å². The summed E-state index contributed by atoms with van der Waals surface area (Å²) in [5.74, 6) is 0.145. The fourth-order valence-electron chi connectivity index (χ4n) is 1.82. The Kier molecular flexibility index (Phi) is 3.75. The van der Waals surface area contributed by atoms with Gasteiger partial charge in [0.05, 0.1) is 0 Å². The molecule has 0 fully saturated rings. The first-order chi connectivity index (χ1) is 9.01. The zero-order valence-electron chi connectivity index (χ0n) is 11.2. The van der Waals surface area contributed by atoms with E-state index < -0.39 is 0 Å². The summed E-state index contributed by atoms with van der Waals surface area (Å²) >= 11 is 0. The highest BCUT2D eigenvalue weighted by Crippen LogP contribution is 2.05. The number of aliphatic hydroxyl groups is 1. The zero-order chi connectivity index (χ0) is 14.0. The van der Waals surface area contributed by atoms with Crippen molar-refractivity contribution < 1.29 is 9.90 Å². The Labute approximate surface area is 110 Å². The fourth-order valence-corrected chi connectivity index (χ4v) is 1.82. The Bertz CT molecular complexity index is 607. The van der Waals surface area contributed by atoms with Gasteiger partial charge < -0.3 is 10.4 Å². The summed E-state index contributed by atoms with van der Waals surface area (Å²) in [7, 11) is 0. The van der Waals surface area contributed by atoms with Gasteiger partial charge in [0, 0.05) is 24.0 Å². The molecule has 0 aliphatic heterocycles. The van der Waals surface area contributed by atoms with Crippen molar-refractivity contribution in [2.24, 2.45) is 0 Å². The molecule has 0 aromatic carbocycles. The number of rotatable bonds is 4. The van der Waals surface area contributed by atoms with E-state index in [1.54, 1.807) is 4.52 Å². The van der Waals surface area contributed by atoms with Crippen molar-refractivity contribution in [2.45, 2.75) is 33.2 Å². The zero-order valence-corrected chi connectivity index (χ0v) is 11.2. The molecular weight excluding hydrogens is 246 g/mol. The first kappa shape index (κ1) is 13.4. The van der Waals surface area contributed by atoms with Gasteiger partial charge in [0.1, 0.15) is 0 Å². The summed E-state index contributed by atoms with van der Waals surface area (Å²) in [6.07, 6.45) is 0.496. The number of amides is 1. The first-order valence-electron chi connectivity index (χ1n) is 6.14. The molecule has 102 valence electrons. The van der Waals surface area contributed by atoms with Gasteiger partial charge in [-0.1, -0.05) is 0 Å². The number of carbonyl (C=O) groups is 1. The van der Waals surface area contributed by atoms with Crippen LogP contribution in [0.3, 0.4) is 0 Å². The van der Waals surface area contributed by atoms with Crippen LogP contribution in [0.1, 0.15) is 35.4 Å². The van der Waals surface area contributed by atoms with Crippen molar-refractivity contribution in [3.05, 3.63) is 23.3 Å². The van der Waals surface area contributed by atoms with Gasteiger partial charge in [-0.3, -0.25) is 4.79 Å². The van der Waals surface area contributed by atoms with Crippen LogP contribution in [0.4, 0.5) is 0 Å². The molecule has 2 rings (SSSR count). The highest BCUT2D eigenvalue weighted by Gasteiger charge is 2.16. The largest absolute Gasteiger partial charge is 0.396 e. The van der Waals surface area contributed by atoms with E-state index in [0.29, 0.717) is 12.2 Å². The normalized spacial score (nSPS) is 12.6. The van der Waals surface area contributed by atoms with Crippen molar-refractivity contribution in [3.8, 4) is 0 Å². The first-order valence-corrected chi connectivity index (χ1v) is 6.14. The average molecular weight is 263 g/mol.